The predicted molar refractivity (Wildman–Crippen MR) is 45.5 cm³/mol. The Labute approximate surface area is 72.1 Å². The number of carbonyl (C=O) groups excluding carboxylic acids is 1. The second kappa shape index (κ2) is 4.42. The molecule has 0 bridgehead atoms. The van der Waals surface area contributed by atoms with E-state index in [-0.39, 0.29) is 18.5 Å². The second-order valence-corrected chi connectivity index (χ2v) is 3.24. The number of aliphatic hydroxyl groups excluding tert-OH is 1. The van der Waals surface area contributed by atoms with Crippen molar-refractivity contribution in [1.82, 2.24) is 5.32 Å². The summed E-state index contributed by atoms with van der Waals surface area (Å²) in [6, 6.07) is 0.263. The molecule has 0 radical (unpaired) electrons. The molecule has 0 heterocycles. The molecule has 1 amide bonds. The van der Waals surface area contributed by atoms with Crippen LogP contribution in [-0.2, 0) is 4.79 Å². The molecular formula is C8H16N2O2. The Kier molecular flexibility index (Phi) is 3.49. The van der Waals surface area contributed by atoms with Crippen LogP contribution >= 0.6 is 0 Å². The number of aliphatic hydroxyl groups is 1. The summed E-state index contributed by atoms with van der Waals surface area (Å²) in [5, 5.41) is 11.8. The van der Waals surface area contributed by atoms with Crippen LogP contribution in [0.4, 0.5) is 0 Å². The highest BCUT2D eigenvalue weighted by molar-refractivity contribution is 5.80. The fraction of sp³-hybridized carbons (Fsp3) is 0.875. The summed E-state index contributed by atoms with van der Waals surface area (Å²) in [6.07, 6.45) is 3.37. The second-order valence-electron chi connectivity index (χ2n) is 3.24. The van der Waals surface area contributed by atoms with Gasteiger partial charge >= 0.3 is 0 Å². The Morgan fingerprint density at radius 2 is 2.17 bits per heavy atom. The van der Waals surface area contributed by atoms with Crippen molar-refractivity contribution in [3.8, 4) is 0 Å². The Bertz CT molecular complexity index is 155. The van der Waals surface area contributed by atoms with Gasteiger partial charge in [0.1, 0.15) is 6.10 Å². The predicted octanol–water partition coefficient (Wildman–Crippen LogP) is -0.635. The van der Waals surface area contributed by atoms with Crippen LogP contribution in [0.5, 0.6) is 0 Å². The van der Waals surface area contributed by atoms with Crippen molar-refractivity contribution in [2.75, 3.05) is 6.54 Å². The van der Waals surface area contributed by atoms with Gasteiger partial charge in [0, 0.05) is 12.6 Å². The zero-order chi connectivity index (χ0) is 8.97. The number of nitrogens with two attached hydrogens (primary N) is 1. The van der Waals surface area contributed by atoms with Gasteiger partial charge in [0.15, 0.2) is 0 Å². The van der Waals surface area contributed by atoms with Gasteiger partial charge in [-0.1, -0.05) is 12.8 Å². The minimum absolute atomic E-state index is 0.00144. The van der Waals surface area contributed by atoms with Gasteiger partial charge in [0.2, 0.25) is 5.91 Å². The molecule has 1 rings (SSSR count). The molecule has 1 aliphatic carbocycles. The summed E-state index contributed by atoms with van der Waals surface area (Å²) in [5.41, 5.74) is 5.14. The monoisotopic (exact) mass is 172 g/mol. The summed E-state index contributed by atoms with van der Waals surface area (Å²) in [4.78, 5) is 11.1. The molecule has 70 valence electrons. The molecule has 0 aromatic carbocycles. The molecule has 1 saturated carbocycles. The fourth-order valence-electron chi connectivity index (χ4n) is 1.47. The van der Waals surface area contributed by atoms with Gasteiger partial charge in [0.05, 0.1) is 0 Å². The first-order chi connectivity index (χ1) is 5.74. The molecule has 0 saturated heterocycles. The van der Waals surface area contributed by atoms with Crippen LogP contribution < -0.4 is 11.1 Å². The molecule has 0 aromatic rings. The number of amides is 1. The molecule has 1 fully saturated rings. The van der Waals surface area contributed by atoms with Crippen molar-refractivity contribution in [2.24, 2.45) is 5.73 Å². The average molecular weight is 172 g/mol. The zero-order valence-electron chi connectivity index (χ0n) is 7.12. The van der Waals surface area contributed by atoms with Crippen LogP contribution in [0.15, 0.2) is 0 Å². The van der Waals surface area contributed by atoms with Crippen molar-refractivity contribution < 1.29 is 9.90 Å². The standard InChI is InChI=1S/C8H16N2O2/c9-5-7(11)8(12)10-6-3-1-2-4-6/h6-7,11H,1-5,9H2,(H,10,12). The Morgan fingerprint density at radius 1 is 1.58 bits per heavy atom. The number of carbonyl (C=O) groups is 1. The molecule has 1 aliphatic rings. The molecule has 4 heteroatoms. The maximum absolute atomic E-state index is 11.1. The molecule has 4 N–H and O–H groups in total. The quantitative estimate of drug-likeness (QED) is 0.530. The van der Waals surface area contributed by atoms with Gasteiger partial charge in [-0.3, -0.25) is 4.79 Å². The van der Waals surface area contributed by atoms with Crippen molar-refractivity contribution >= 4 is 5.91 Å². The van der Waals surface area contributed by atoms with E-state index in [1.165, 1.54) is 12.8 Å². The van der Waals surface area contributed by atoms with E-state index >= 15 is 0 Å². The topological polar surface area (TPSA) is 75.3 Å². The fourth-order valence-corrected chi connectivity index (χ4v) is 1.47. The van der Waals surface area contributed by atoms with Gasteiger partial charge in [-0.25, -0.2) is 0 Å². The zero-order valence-corrected chi connectivity index (χ0v) is 7.12. The summed E-state index contributed by atoms with van der Waals surface area (Å²) in [7, 11) is 0. The molecule has 12 heavy (non-hydrogen) atoms. The van der Waals surface area contributed by atoms with Crippen molar-refractivity contribution in [3.05, 3.63) is 0 Å². The third-order valence-electron chi connectivity index (χ3n) is 2.23. The number of nitrogens with one attached hydrogen (secondary N) is 1. The van der Waals surface area contributed by atoms with Crippen molar-refractivity contribution in [2.45, 2.75) is 37.8 Å². The largest absolute Gasteiger partial charge is 0.382 e. The lowest BCUT2D eigenvalue weighted by molar-refractivity contribution is -0.129. The van der Waals surface area contributed by atoms with Crippen LogP contribution in [0.25, 0.3) is 0 Å². The average Bonchev–Trinajstić information content (AvgIpc) is 2.55. The molecule has 0 aromatic heterocycles. The highest BCUT2D eigenvalue weighted by atomic mass is 16.3. The van der Waals surface area contributed by atoms with Crippen LogP contribution in [0.3, 0.4) is 0 Å². The minimum atomic E-state index is -1.04. The number of hydrogen-bond donors (Lipinski definition) is 3. The van der Waals surface area contributed by atoms with E-state index in [0.717, 1.165) is 12.8 Å². The molecule has 0 aliphatic heterocycles. The first-order valence-electron chi connectivity index (χ1n) is 4.42. The number of hydrogen-bond acceptors (Lipinski definition) is 3. The maximum Gasteiger partial charge on any atom is 0.250 e. The summed E-state index contributed by atoms with van der Waals surface area (Å²) < 4.78 is 0. The van der Waals surface area contributed by atoms with E-state index in [2.05, 4.69) is 5.32 Å². The summed E-state index contributed by atoms with van der Waals surface area (Å²) in [6.45, 7) is -0.00144. The lowest BCUT2D eigenvalue weighted by atomic mass is 10.2. The number of rotatable bonds is 3. The molecule has 1 atom stereocenters. The van der Waals surface area contributed by atoms with Gasteiger partial charge in [-0.15, -0.1) is 0 Å². The van der Waals surface area contributed by atoms with Gasteiger partial charge in [-0.2, -0.15) is 0 Å². The van der Waals surface area contributed by atoms with Crippen molar-refractivity contribution in [3.63, 3.8) is 0 Å². The smallest absolute Gasteiger partial charge is 0.250 e. The van der Waals surface area contributed by atoms with E-state index in [9.17, 15) is 4.79 Å². The van der Waals surface area contributed by atoms with E-state index in [0.29, 0.717) is 0 Å². The Hall–Kier alpha value is -0.610. The van der Waals surface area contributed by atoms with E-state index in [1.54, 1.807) is 0 Å². The van der Waals surface area contributed by atoms with E-state index < -0.39 is 6.10 Å². The van der Waals surface area contributed by atoms with Gasteiger partial charge in [-0.05, 0) is 12.8 Å². The normalized spacial score (nSPS) is 20.8. The molecule has 0 spiro atoms. The minimum Gasteiger partial charge on any atom is -0.382 e. The third-order valence-corrected chi connectivity index (χ3v) is 2.23. The SMILES string of the molecule is NCC(O)C(=O)NC1CCCC1. The van der Waals surface area contributed by atoms with E-state index in [4.69, 9.17) is 10.8 Å². The van der Waals surface area contributed by atoms with Crippen LogP contribution in [0, 0.1) is 0 Å². The van der Waals surface area contributed by atoms with Crippen LogP contribution in [0.2, 0.25) is 0 Å². The summed E-state index contributed by atoms with van der Waals surface area (Å²) >= 11 is 0. The van der Waals surface area contributed by atoms with Gasteiger partial charge < -0.3 is 16.2 Å². The highest BCUT2D eigenvalue weighted by Crippen LogP contribution is 2.17. The van der Waals surface area contributed by atoms with Crippen LogP contribution in [-0.4, -0.2) is 29.7 Å². The van der Waals surface area contributed by atoms with E-state index in [1.807, 2.05) is 0 Å². The van der Waals surface area contributed by atoms with Crippen molar-refractivity contribution in [1.29, 1.82) is 0 Å². The lowest BCUT2D eigenvalue weighted by Crippen LogP contribution is -2.43. The third kappa shape index (κ3) is 2.46. The first kappa shape index (κ1) is 9.48. The summed E-state index contributed by atoms with van der Waals surface area (Å²) in [5.74, 6) is -0.329. The van der Waals surface area contributed by atoms with Gasteiger partial charge in [0.25, 0.3) is 0 Å². The van der Waals surface area contributed by atoms with Crippen LogP contribution in [0.1, 0.15) is 25.7 Å². The lowest BCUT2D eigenvalue weighted by Gasteiger charge is -2.14. The highest BCUT2D eigenvalue weighted by Gasteiger charge is 2.20. The molecule has 4 nitrogen and oxygen atoms in total. The first-order valence-corrected chi connectivity index (χ1v) is 4.42. The molecular weight excluding hydrogens is 156 g/mol. The maximum atomic E-state index is 11.1. The Morgan fingerprint density at radius 3 is 2.67 bits per heavy atom. The Balaban J connectivity index is 2.25. The molecule has 1 unspecified atom stereocenters.